The van der Waals surface area contributed by atoms with Crippen LogP contribution < -0.4 is 20.6 Å². The molecule has 0 unspecified atom stereocenters. The van der Waals surface area contributed by atoms with Crippen molar-refractivity contribution < 1.29 is 9.15 Å². The van der Waals surface area contributed by atoms with E-state index in [2.05, 4.69) is 10.2 Å². The first-order chi connectivity index (χ1) is 12.3. The second-order valence-corrected chi connectivity index (χ2v) is 6.09. The molecule has 128 valence electrons. The molecule has 2 heterocycles. The van der Waals surface area contributed by atoms with Gasteiger partial charge in [0.2, 0.25) is 0 Å². The number of fused-ring (bicyclic) bond motifs is 1. The molecule has 3 aromatic rings. The Labute approximate surface area is 145 Å². The number of rotatable bonds is 4. The molecule has 0 saturated carbocycles. The topological polar surface area (TPSA) is 54.7 Å². The maximum absolute atomic E-state index is 12.0. The smallest absolute Gasteiger partial charge is 0.338 e. The Morgan fingerprint density at radius 3 is 2.64 bits per heavy atom. The lowest BCUT2D eigenvalue weighted by atomic mass is 10.1. The van der Waals surface area contributed by atoms with Crippen LogP contribution in [0.3, 0.4) is 0 Å². The highest BCUT2D eigenvalue weighted by Crippen LogP contribution is 2.34. The zero-order valence-electron chi connectivity index (χ0n) is 13.9. The van der Waals surface area contributed by atoms with Gasteiger partial charge in [0, 0.05) is 32.2 Å². The Bertz CT molecular complexity index is 915. The summed E-state index contributed by atoms with van der Waals surface area (Å²) in [5.74, 6) is 0.735. The van der Waals surface area contributed by atoms with E-state index in [1.54, 1.807) is 6.07 Å². The maximum atomic E-state index is 12.0. The summed E-state index contributed by atoms with van der Waals surface area (Å²) in [5, 5.41) is 4.19. The Hall–Kier alpha value is -2.79. The van der Waals surface area contributed by atoms with Crippen molar-refractivity contribution >= 4 is 16.7 Å². The fourth-order valence-electron chi connectivity index (χ4n) is 3.18. The summed E-state index contributed by atoms with van der Waals surface area (Å²) in [6.45, 7) is 3.97. The molecule has 0 aliphatic carbocycles. The molecule has 1 saturated heterocycles. The minimum absolute atomic E-state index is 0.332. The summed E-state index contributed by atoms with van der Waals surface area (Å²) in [6.07, 6.45) is 0. The molecular weight excluding hydrogens is 316 g/mol. The Kier molecular flexibility index (Phi) is 4.39. The molecule has 5 heteroatoms. The van der Waals surface area contributed by atoms with Crippen LogP contribution in [0.25, 0.3) is 11.0 Å². The van der Waals surface area contributed by atoms with E-state index < -0.39 is 0 Å². The molecule has 0 atom stereocenters. The molecule has 1 N–H and O–H groups in total. The average molecular weight is 336 g/mol. The summed E-state index contributed by atoms with van der Waals surface area (Å²) in [4.78, 5) is 14.2. The van der Waals surface area contributed by atoms with Crippen LogP contribution in [-0.2, 0) is 6.61 Å². The third kappa shape index (κ3) is 3.37. The van der Waals surface area contributed by atoms with Crippen molar-refractivity contribution in [2.45, 2.75) is 6.61 Å². The van der Waals surface area contributed by atoms with Crippen molar-refractivity contribution in [3.05, 3.63) is 70.6 Å². The first kappa shape index (κ1) is 15.7. The van der Waals surface area contributed by atoms with E-state index in [1.165, 1.54) is 0 Å². The number of nitrogens with one attached hydrogen (secondary N) is 1. The highest BCUT2D eigenvalue weighted by atomic mass is 16.5. The molecule has 0 amide bonds. The van der Waals surface area contributed by atoms with Gasteiger partial charge in [0.25, 0.3) is 0 Å². The highest BCUT2D eigenvalue weighted by molar-refractivity contribution is 5.95. The van der Waals surface area contributed by atoms with Gasteiger partial charge in [-0.15, -0.1) is 0 Å². The van der Waals surface area contributed by atoms with Crippen LogP contribution in [0.15, 0.2) is 63.8 Å². The highest BCUT2D eigenvalue weighted by Gasteiger charge is 2.18. The van der Waals surface area contributed by atoms with Crippen LogP contribution in [0.1, 0.15) is 5.56 Å². The van der Waals surface area contributed by atoms with E-state index in [9.17, 15) is 4.79 Å². The van der Waals surface area contributed by atoms with Crippen LogP contribution in [0.4, 0.5) is 5.69 Å². The van der Waals surface area contributed by atoms with Gasteiger partial charge in [-0.1, -0.05) is 36.4 Å². The predicted octanol–water partition coefficient (Wildman–Crippen LogP) is 2.78. The van der Waals surface area contributed by atoms with Crippen LogP contribution >= 0.6 is 0 Å². The second kappa shape index (κ2) is 6.99. The fraction of sp³-hybridized carbons (Fsp3) is 0.250. The van der Waals surface area contributed by atoms with Gasteiger partial charge in [-0.3, -0.25) is 0 Å². The second-order valence-electron chi connectivity index (χ2n) is 6.09. The lowest BCUT2D eigenvalue weighted by Gasteiger charge is -2.30. The lowest BCUT2D eigenvalue weighted by molar-refractivity contribution is 0.309. The van der Waals surface area contributed by atoms with Crippen LogP contribution in [0.2, 0.25) is 0 Å². The molecule has 1 aromatic heterocycles. The molecule has 25 heavy (non-hydrogen) atoms. The molecule has 1 aliphatic heterocycles. The number of nitrogens with zero attached hydrogens (tertiary/aromatic N) is 1. The van der Waals surface area contributed by atoms with Crippen molar-refractivity contribution in [3.63, 3.8) is 0 Å². The SMILES string of the molecule is O=c1cc(N2CCNCC2)c2c(OCc3ccccc3)cccc2o1. The van der Waals surface area contributed by atoms with Gasteiger partial charge in [-0.25, -0.2) is 4.79 Å². The Morgan fingerprint density at radius 1 is 1.04 bits per heavy atom. The summed E-state index contributed by atoms with van der Waals surface area (Å²) < 4.78 is 11.5. The molecule has 2 aromatic carbocycles. The van der Waals surface area contributed by atoms with E-state index in [4.69, 9.17) is 9.15 Å². The molecule has 4 rings (SSSR count). The fourth-order valence-corrected chi connectivity index (χ4v) is 3.18. The summed E-state index contributed by atoms with van der Waals surface area (Å²) >= 11 is 0. The van der Waals surface area contributed by atoms with Gasteiger partial charge < -0.3 is 19.4 Å². The van der Waals surface area contributed by atoms with Crippen LogP contribution in [0.5, 0.6) is 5.75 Å². The quantitative estimate of drug-likeness (QED) is 0.743. The third-order valence-corrected chi connectivity index (χ3v) is 4.40. The van der Waals surface area contributed by atoms with Crippen molar-refractivity contribution in [2.75, 3.05) is 31.1 Å². The van der Waals surface area contributed by atoms with Crippen molar-refractivity contribution in [3.8, 4) is 5.75 Å². The first-order valence-corrected chi connectivity index (χ1v) is 8.50. The Balaban J connectivity index is 1.74. The maximum Gasteiger partial charge on any atom is 0.338 e. The van der Waals surface area contributed by atoms with Gasteiger partial charge in [-0.2, -0.15) is 0 Å². The number of hydrogen-bond donors (Lipinski definition) is 1. The number of anilines is 1. The first-order valence-electron chi connectivity index (χ1n) is 8.50. The van der Waals surface area contributed by atoms with Crippen LogP contribution in [-0.4, -0.2) is 26.2 Å². The van der Waals surface area contributed by atoms with Crippen molar-refractivity contribution in [1.82, 2.24) is 5.32 Å². The van der Waals surface area contributed by atoms with E-state index in [0.717, 1.165) is 48.6 Å². The minimum Gasteiger partial charge on any atom is -0.488 e. The minimum atomic E-state index is -0.332. The van der Waals surface area contributed by atoms with E-state index in [-0.39, 0.29) is 5.63 Å². The largest absolute Gasteiger partial charge is 0.488 e. The average Bonchev–Trinajstić information content (AvgIpc) is 2.67. The standard InChI is InChI=1S/C20H20N2O3/c23-19-13-16(22-11-9-21-10-12-22)20-17(7-4-8-18(20)25-19)24-14-15-5-2-1-3-6-15/h1-8,13,21H,9-12,14H2. The summed E-state index contributed by atoms with van der Waals surface area (Å²) in [6, 6.07) is 17.2. The zero-order chi connectivity index (χ0) is 17.1. The van der Waals surface area contributed by atoms with Gasteiger partial charge in [0.15, 0.2) is 0 Å². The summed E-state index contributed by atoms with van der Waals surface area (Å²) in [5.41, 5.74) is 2.21. The van der Waals surface area contributed by atoms with Gasteiger partial charge in [-0.05, 0) is 17.7 Å². The molecule has 5 nitrogen and oxygen atoms in total. The molecule has 1 aliphatic rings. The molecule has 0 spiro atoms. The third-order valence-electron chi connectivity index (χ3n) is 4.40. The van der Waals surface area contributed by atoms with Gasteiger partial charge in [0.05, 0.1) is 11.1 Å². The Morgan fingerprint density at radius 2 is 1.84 bits per heavy atom. The van der Waals surface area contributed by atoms with Crippen molar-refractivity contribution in [1.29, 1.82) is 0 Å². The van der Waals surface area contributed by atoms with Crippen molar-refractivity contribution in [2.24, 2.45) is 0 Å². The zero-order valence-corrected chi connectivity index (χ0v) is 13.9. The predicted molar refractivity (Wildman–Crippen MR) is 98.3 cm³/mol. The van der Waals surface area contributed by atoms with E-state index >= 15 is 0 Å². The number of ether oxygens (including phenoxy) is 1. The number of piperazine rings is 1. The molecule has 1 fully saturated rings. The summed E-state index contributed by atoms with van der Waals surface area (Å²) in [7, 11) is 0. The van der Waals surface area contributed by atoms with E-state index in [0.29, 0.717) is 12.2 Å². The normalized spacial score (nSPS) is 14.6. The van der Waals surface area contributed by atoms with Crippen LogP contribution in [0, 0.1) is 0 Å². The number of hydrogen-bond acceptors (Lipinski definition) is 5. The number of benzene rings is 2. The van der Waals surface area contributed by atoms with Gasteiger partial charge in [0.1, 0.15) is 17.9 Å². The molecule has 0 radical (unpaired) electrons. The lowest BCUT2D eigenvalue weighted by Crippen LogP contribution is -2.43. The monoisotopic (exact) mass is 336 g/mol. The van der Waals surface area contributed by atoms with Gasteiger partial charge >= 0.3 is 5.63 Å². The molecule has 0 bridgehead atoms. The molecular formula is C20H20N2O3. The van der Waals surface area contributed by atoms with E-state index in [1.807, 2.05) is 48.5 Å².